The Morgan fingerprint density at radius 1 is 1.28 bits per heavy atom. The Labute approximate surface area is 106 Å². The molecule has 1 rings (SSSR count). The van der Waals surface area contributed by atoms with E-state index in [9.17, 15) is 14.4 Å². The van der Waals surface area contributed by atoms with E-state index in [0.717, 1.165) is 12.6 Å². The smallest absolute Gasteiger partial charge is 0.330 e. The molecular weight excluding hydrogens is 238 g/mol. The summed E-state index contributed by atoms with van der Waals surface area (Å²) in [6.45, 7) is 5.93. The second-order valence-electron chi connectivity index (χ2n) is 3.99. The van der Waals surface area contributed by atoms with E-state index in [0.29, 0.717) is 6.04 Å². The second kappa shape index (κ2) is 6.78. The van der Waals surface area contributed by atoms with Crippen molar-refractivity contribution in [3.05, 3.63) is 12.7 Å². The second-order valence-corrected chi connectivity index (χ2v) is 3.99. The van der Waals surface area contributed by atoms with Crippen LogP contribution in [0.5, 0.6) is 0 Å². The minimum atomic E-state index is -0.559. The van der Waals surface area contributed by atoms with E-state index in [1.165, 1.54) is 0 Å². The zero-order valence-electron chi connectivity index (χ0n) is 10.4. The maximum atomic E-state index is 11.4. The van der Waals surface area contributed by atoms with Crippen molar-refractivity contribution < 1.29 is 23.9 Å². The van der Waals surface area contributed by atoms with E-state index in [4.69, 9.17) is 4.74 Å². The molecule has 1 aliphatic rings. The SMILES string of the molecule is C=CC(=O)OCCOC(=O)CCC(=O)N1CC1C. The molecule has 1 atom stereocenters. The zero-order valence-corrected chi connectivity index (χ0v) is 10.4. The Hall–Kier alpha value is -1.85. The lowest BCUT2D eigenvalue weighted by molar-refractivity contribution is -0.150. The van der Waals surface area contributed by atoms with E-state index in [1.54, 1.807) is 4.90 Å². The molecule has 0 spiro atoms. The van der Waals surface area contributed by atoms with Crippen LogP contribution in [0.4, 0.5) is 0 Å². The van der Waals surface area contributed by atoms with Crippen molar-refractivity contribution in [1.29, 1.82) is 0 Å². The lowest BCUT2D eigenvalue weighted by Crippen LogP contribution is -2.17. The van der Waals surface area contributed by atoms with Crippen molar-refractivity contribution in [1.82, 2.24) is 4.90 Å². The number of amides is 1. The van der Waals surface area contributed by atoms with Gasteiger partial charge in [0, 0.05) is 25.1 Å². The van der Waals surface area contributed by atoms with Gasteiger partial charge in [0.25, 0.3) is 0 Å². The predicted molar refractivity (Wildman–Crippen MR) is 62.5 cm³/mol. The summed E-state index contributed by atoms with van der Waals surface area (Å²) < 4.78 is 9.41. The molecular formula is C12H17NO5. The minimum Gasteiger partial charge on any atom is -0.462 e. The van der Waals surface area contributed by atoms with Crippen LogP contribution < -0.4 is 0 Å². The third-order valence-electron chi connectivity index (χ3n) is 2.48. The number of carbonyl (C=O) groups excluding carboxylic acids is 3. The first-order valence-electron chi connectivity index (χ1n) is 5.79. The fraction of sp³-hybridized carbons (Fsp3) is 0.583. The predicted octanol–water partition coefficient (Wildman–Crippen LogP) is 0.270. The number of ether oxygens (including phenoxy) is 2. The highest BCUT2D eigenvalue weighted by Gasteiger charge is 2.33. The van der Waals surface area contributed by atoms with Crippen molar-refractivity contribution in [3.63, 3.8) is 0 Å². The van der Waals surface area contributed by atoms with Gasteiger partial charge in [-0.15, -0.1) is 0 Å². The number of rotatable bonds is 7. The molecule has 0 N–H and O–H groups in total. The molecule has 0 bridgehead atoms. The van der Waals surface area contributed by atoms with E-state index in [2.05, 4.69) is 11.3 Å². The van der Waals surface area contributed by atoms with Gasteiger partial charge in [-0.25, -0.2) is 4.79 Å². The summed E-state index contributed by atoms with van der Waals surface area (Å²) in [4.78, 5) is 35.0. The summed E-state index contributed by atoms with van der Waals surface area (Å²) in [6.07, 6.45) is 1.25. The van der Waals surface area contributed by atoms with Gasteiger partial charge in [0.05, 0.1) is 6.42 Å². The van der Waals surface area contributed by atoms with Crippen molar-refractivity contribution in [3.8, 4) is 0 Å². The first-order chi connectivity index (χ1) is 8.54. The highest BCUT2D eigenvalue weighted by atomic mass is 16.6. The van der Waals surface area contributed by atoms with Crippen LogP contribution in [0.25, 0.3) is 0 Å². The summed E-state index contributed by atoms with van der Waals surface area (Å²) in [5.41, 5.74) is 0. The average molecular weight is 255 g/mol. The Morgan fingerprint density at radius 2 is 1.89 bits per heavy atom. The lowest BCUT2D eigenvalue weighted by Gasteiger charge is -2.05. The molecule has 1 saturated heterocycles. The summed E-state index contributed by atoms with van der Waals surface area (Å²) >= 11 is 0. The molecule has 0 aromatic heterocycles. The summed E-state index contributed by atoms with van der Waals surface area (Å²) in [5, 5.41) is 0. The topological polar surface area (TPSA) is 72.7 Å². The van der Waals surface area contributed by atoms with Crippen molar-refractivity contribution in [2.75, 3.05) is 19.8 Å². The van der Waals surface area contributed by atoms with Crippen molar-refractivity contribution in [2.45, 2.75) is 25.8 Å². The third-order valence-corrected chi connectivity index (χ3v) is 2.48. The first-order valence-corrected chi connectivity index (χ1v) is 5.79. The van der Waals surface area contributed by atoms with Crippen LogP contribution >= 0.6 is 0 Å². The van der Waals surface area contributed by atoms with Crippen molar-refractivity contribution >= 4 is 17.8 Å². The zero-order chi connectivity index (χ0) is 13.5. The highest BCUT2D eigenvalue weighted by molar-refractivity contribution is 5.83. The summed E-state index contributed by atoms with van der Waals surface area (Å²) in [5.74, 6) is -1.05. The van der Waals surface area contributed by atoms with Crippen LogP contribution in [0.2, 0.25) is 0 Å². The van der Waals surface area contributed by atoms with Crippen molar-refractivity contribution in [2.24, 2.45) is 0 Å². The van der Waals surface area contributed by atoms with Crippen LogP contribution in [-0.2, 0) is 23.9 Å². The Balaban J connectivity index is 2.02. The van der Waals surface area contributed by atoms with Gasteiger partial charge in [-0.3, -0.25) is 9.59 Å². The van der Waals surface area contributed by atoms with E-state index in [-0.39, 0.29) is 32.0 Å². The average Bonchev–Trinajstić information content (AvgIpc) is 3.08. The van der Waals surface area contributed by atoms with Gasteiger partial charge >= 0.3 is 11.9 Å². The molecule has 1 heterocycles. The van der Waals surface area contributed by atoms with Crippen LogP contribution in [0.3, 0.4) is 0 Å². The van der Waals surface area contributed by atoms with Gasteiger partial charge < -0.3 is 14.4 Å². The van der Waals surface area contributed by atoms with E-state index in [1.807, 2.05) is 6.92 Å². The number of nitrogens with zero attached hydrogens (tertiary/aromatic N) is 1. The molecule has 6 heteroatoms. The molecule has 0 saturated carbocycles. The summed E-state index contributed by atoms with van der Waals surface area (Å²) in [7, 11) is 0. The molecule has 1 amide bonds. The van der Waals surface area contributed by atoms with Gasteiger partial charge in [-0.2, -0.15) is 0 Å². The molecule has 0 radical (unpaired) electrons. The number of hydrogen-bond donors (Lipinski definition) is 0. The largest absolute Gasteiger partial charge is 0.462 e. The standard InChI is InChI=1S/C12H17NO5/c1-3-11(15)17-6-7-18-12(16)5-4-10(14)13-8-9(13)2/h3,9H,1,4-8H2,2H3. The first kappa shape index (κ1) is 14.2. The fourth-order valence-corrected chi connectivity index (χ4v) is 1.37. The number of esters is 2. The molecule has 18 heavy (non-hydrogen) atoms. The number of carbonyl (C=O) groups is 3. The molecule has 1 aliphatic heterocycles. The molecule has 0 aliphatic carbocycles. The van der Waals surface area contributed by atoms with Crippen LogP contribution in [0.15, 0.2) is 12.7 Å². The number of hydrogen-bond acceptors (Lipinski definition) is 5. The minimum absolute atomic E-state index is 0.00625. The van der Waals surface area contributed by atoms with Gasteiger partial charge in [0.2, 0.25) is 5.91 Å². The molecule has 6 nitrogen and oxygen atoms in total. The van der Waals surface area contributed by atoms with Gasteiger partial charge in [-0.05, 0) is 6.92 Å². The Morgan fingerprint density at radius 3 is 2.44 bits per heavy atom. The van der Waals surface area contributed by atoms with Gasteiger partial charge in [0.15, 0.2) is 0 Å². The third kappa shape index (κ3) is 4.99. The maximum Gasteiger partial charge on any atom is 0.330 e. The van der Waals surface area contributed by atoms with Gasteiger partial charge in [0.1, 0.15) is 13.2 Å². The quantitative estimate of drug-likeness (QED) is 0.282. The normalized spacial score (nSPS) is 16.9. The lowest BCUT2D eigenvalue weighted by atomic mass is 10.3. The van der Waals surface area contributed by atoms with E-state index >= 15 is 0 Å². The Kier molecular flexibility index (Phi) is 5.35. The highest BCUT2D eigenvalue weighted by Crippen LogP contribution is 2.17. The molecule has 100 valence electrons. The molecule has 0 aromatic rings. The Bertz CT molecular complexity index is 352. The molecule has 1 unspecified atom stereocenters. The van der Waals surface area contributed by atoms with Crippen LogP contribution in [-0.4, -0.2) is 48.5 Å². The van der Waals surface area contributed by atoms with Crippen LogP contribution in [0, 0.1) is 0 Å². The fourth-order valence-electron chi connectivity index (χ4n) is 1.37. The van der Waals surface area contributed by atoms with Gasteiger partial charge in [-0.1, -0.05) is 6.58 Å². The molecule has 1 fully saturated rings. The summed E-state index contributed by atoms with van der Waals surface area (Å²) in [6, 6.07) is 0.298. The molecule has 0 aromatic carbocycles. The van der Waals surface area contributed by atoms with Crippen LogP contribution in [0.1, 0.15) is 19.8 Å². The maximum absolute atomic E-state index is 11.4. The van der Waals surface area contributed by atoms with E-state index < -0.39 is 11.9 Å². The monoisotopic (exact) mass is 255 g/mol.